The molecule has 3 atom stereocenters. The maximum absolute atomic E-state index is 10.5. The van der Waals surface area contributed by atoms with Crippen LogP contribution in [0.2, 0.25) is 0 Å². The molecule has 1 aliphatic heterocycles. The number of benzene rings is 1. The largest absolute Gasteiger partial charge is 0.386 e. The number of hydrogen-bond donors (Lipinski definition) is 2. The van der Waals surface area contributed by atoms with Gasteiger partial charge < -0.3 is 15.2 Å². The average Bonchev–Trinajstić information content (AvgIpc) is 3.01. The number of aliphatic hydroxyl groups is 1. The van der Waals surface area contributed by atoms with Gasteiger partial charge in [0.05, 0.1) is 6.61 Å². The number of ether oxygens (including phenoxy) is 1. The quantitative estimate of drug-likeness (QED) is 0.892. The van der Waals surface area contributed by atoms with E-state index < -0.39 is 5.60 Å². The Kier molecular flexibility index (Phi) is 3.52. The highest BCUT2D eigenvalue weighted by molar-refractivity contribution is 5.30. The third-order valence-corrected chi connectivity index (χ3v) is 5.76. The summed E-state index contributed by atoms with van der Waals surface area (Å²) in [7, 11) is 0. The minimum atomic E-state index is -0.640. The summed E-state index contributed by atoms with van der Waals surface area (Å²) in [5, 5.41) is 14.2. The van der Waals surface area contributed by atoms with Crippen molar-refractivity contribution in [3.8, 4) is 0 Å². The fourth-order valence-electron chi connectivity index (χ4n) is 4.53. The fourth-order valence-corrected chi connectivity index (χ4v) is 4.53. The summed E-state index contributed by atoms with van der Waals surface area (Å²) in [6, 6.07) is 9.48. The summed E-state index contributed by atoms with van der Waals surface area (Å²) in [6.45, 7) is 1.87. The molecular weight excluding hydrogens is 262 g/mol. The van der Waals surface area contributed by atoms with Crippen LogP contribution in [0.4, 0.5) is 0 Å². The Morgan fingerprint density at radius 2 is 1.81 bits per heavy atom. The van der Waals surface area contributed by atoms with E-state index in [0.717, 1.165) is 18.3 Å². The van der Waals surface area contributed by atoms with E-state index in [9.17, 15) is 5.11 Å². The zero-order valence-corrected chi connectivity index (χ0v) is 12.6. The molecule has 21 heavy (non-hydrogen) atoms. The molecule has 1 saturated heterocycles. The van der Waals surface area contributed by atoms with E-state index in [1.807, 2.05) is 0 Å². The van der Waals surface area contributed by atoms with Crippen LogP contribution in [0.1, 0.15) is 30.4 Å². The number of hydrogen-bond acceptors (Lipinski definition) is 3. The zero-order valence-electron chi connectivity index (χ0n) is 12.6. The van der Waals surface area contributed by atoms with Gasteiger partial charge in [-0.25, -0.2) is 0 Å². The molecule has 1 aromatic rings. The van der Waals surface area contributed by atoms with Crippen LogP contribution in [-0.2, 0) is 17.6 Å². The Morgan fingerprint density at radius 3 is 2.38 bits per heavy atom. The Bertz CT molecular complexity index is 477. The van der Waals surface area contributed by atoms with Gasteiger partial charge in [0.2, 0.25) is 0 Å². The number of nitrogens with one attached hydrogen (secondary N) is 1. The number of fused-ring (bicyclic) bond motifs is 3. The molecule has 2 aliphatic carbocycles. The van der Waals surface area contributed by atoms with Gasteiger partial charge in [0.25, 0.3) is 0 Å². The molecule has 2 bridgehead atoms. The SMILES string of the molecule is OC1(CNC2C3CCC2Cc2ccccc2C3)CCOC1. The maximum atomic E-state index is 10.5. The summed E-state index contributed by atoms with van der Waals surface area (Å²) in [4.78, 5) is 0. The Labute approximate surface area is 126 Å². The van der Waals surface area contributed by atoms with E-state index >= 15 is 0 Å². The second-order valence-electron chi connectivity index (χ2n) is 7.21. The topological polar surface area (TPSA) is 41.5 Å². The lowest BCUT2D eigenvalue weighted by molar-refractivity contribution is 0.0225. The van der Waals surface area contributed by atoms with Crippen molar-refractivity contribution in [1.29, 1.82) is 0 Å². The van der Waals surface area contributed by atoms with Crippen LogP contribution >= 0.6 is 0 Å². The second-order valence-corrected chi connectivity index (χ2v) is 7.21. The zero-order chi connectivity index (χ0) is 14.3. The molecule has 2 fully saturated rings. The molecule has 3 nitrogen and oxygen atoms in total. The molecular formula is C18H25NO2. The molecule has 3 unspecified atom stereocenters. The summed E-state index contributed by atoms with van der Waals surface area (Å²) in [6.07, 6.45) is 5.80. The molecule has 3 heteroatoms. The Morgan fingerprint density at radius 1 is 1.14 bits per heavy atom. The van der Waals surface area contributed by atoms with Crippen LogP contribution in [-0.4, -0.2) is 36.5 Å². The first kappa shape index (κ1) is 13.7. The van der Waals surface area contributed by atoms with Gasteiger partial charge in [0.1, 0.15) is 5.60 Å². The van der Waals surface area contributed by atoms with Gasteiger partial charge in [0.15, 0.2) is 0 Å². The van der Waals surface area contributed by atoms with Gasteiger partial charge in [-0.1, -0.05) is 24.3 Å². The predicted molar refractivity (Wildman–Crippen MR) is 82.2 cm³/mol. The molecule has 0 spiro atoms. The van der Waals surface area contributed by atoms with Crippen molar-refractivity contribution in [2.24, 2.45) is 11.8 Å². The number of rotatable bonds is 3. The van der Waals surface area contributed by atoms with E-state index in [2.05, 4.69) is 29.6 Å². The molecule has 0 aromatic heterocycles. The highest BCUT2D eigenvalue weighted by atomic mass is 16.5. The van der Waals surface area contributed by atoms with E-state index in [1.165, 1.54) is 25.7 Å². The van der Waals surface area contributed by atoms with Gasteiger partial charge in [-0.3, -0.25) is 0 Å². The lowest BCUT2D eigenvalue weighted by Gasteiger charge is -2.29. The molecule has 1 saturated carbocycles. The van der Waals surface area contributed by atoms with Crippen molar-refractivity contribution in [2.75, 3.05) is 19.8 Å². The molecule has 0 amide bonds. The first-order valence-corrected chi connectivity index (χ1v) is 8.34. The van der Waals surface area contributed by atoms with E-state index in [4.69, 9.17) is 4.74 Å². The van der Waals surface area contributed by atoms with E-state index in [-0.39, 0.29) is 0 Å². The predicted octanol–water partition coefficient (Wildman–Crippen LogP) is 1.92. The normalized spacial score (nSPS) is 38.2. The van der Waals surface area contributed by atoms with E-state index in [0.29, 0.717) is 25.8 Å². The van der Waals surface area contributed by atoms with Gasteiger partial charge in [-0.05, 0) is 48.6 Å². The van der Waals surface area contributed by atoms with Crippen molar-refractivity contribution < 1.29 is 9.84 Å². The molecule has 1 heterocycles. The molecule has 3 aliphatic rings. The Hall–Kier alpha value is -0.900. The summed E-state index contributed by atoms with van der Waals surface area (Å²) in [5.41, 5.74) is 2.44. The average molecular weight is 287 g/mol. The smallest absolute Gasteiger partial charge is 0.102 e. The molecule has 0 radical (unpaired) electrons. The van der Waals surface area contributed by atoms with Crippen molar-refractivity contribution in [1.82, 2.24) is 5.32 Å². The minimum Gasteiger partial charge on any atom is -0.386 e. The van der Waals surface area contributed by atoms with E-state index in [1.54, 1.807) is 11.1 Å². The molecule has 1 aromatic carbocycles. The minimum absolute atomic E-state index is 0.488. The monoisotopic (exact) mass is 287 g/mol. The summed E-state index contributed by atoms with van der Waals surface area (Å²) in [5.74, 6) is 1.45. The highest BCUT2D eigenvalue weighted by Crippen LogP contribution is 2.40. The first-order chi connectivity index (χ1) is 10.2. The van der Waals surface area contributed by atoms with Crippen LogP contribution in [0.25, 0.3) is 0 Å². The van der Waals surface area contributed by atoms with Crippen LogP contribution in [0.3, 0.4) is 0 Å². The third kappa shape index (κ3) is 2.63. The highest BCUT2D eigenvalue weighted by Gasteiger charge is 2.40. The second kappa shape index (κ2) is 5.38. The lowest BCUT2D eigenvalue weighted by atomic mass is 9.94. The lowest BCUT2D eigenvalue weighted by Crippen LogP contribution is -2.48. The fraction of sp³-hybridized carbons (Fsp3) is 0.667. The van der Waals surface area contributed by atoms with Crippen LogP contribution < -0.4 is 5.32 Å². The standard InChI is InChI=1S/C18H25NO2/c20-18(7-8-21-12-18)11-19-17-15-5-6-16(17)10-14-4-2-1-3-13(14)9-15/h1-4,15-17,19-20H,5-12H2. The van der Waals surface area contributed by atoms with Gasteiger partial charge >= 0.3 is 0 Å². The molecule has 2 N–H and O–H groups in total. The summed E-state index contributed by atoms with van der Waals surface area (Å²) >= 11 is 0. The molecule has 114 valence electrons. The van der Waals surface area contributed by atoms with Gasteiger partial charge in [-0.2, -0.15) is 0 Å². The van der Waals surface area contributed by atoms with Crippen molar-refractivity contribution in [2.45, 2.75) is 43.7 Å². The van der Waals surface area contributed by atoms with Gasteiger partial charge in [-0.15, -0.1) is 0 Å². The maximum Gasteiger partial charge on any atom is 0.102 e. The first-order valence-electron chi connectivity index (χ1n) is 8.34. The third-order valence-electron chi connectivity index (χ3n) is 5.76. The van der Waals surface area contributed by atoms with Crippen LogP contribution in [0.15, 0.2) is 24.3 Å². The van der Waals surface area contributed by atoms with Crippen molar-refractivity contribution in [3.63, 3.8) is 0 Å². The van der Waals surface area contributed by atoms with Crippen LogP contribution in [0.5, 0.6) is 0 Å². The Balaban J connectivity index is 1.47. The van der Waals surface area contributed by atoms with Crippen LogP contribution in [0, 0.1) is 11.8 Å². The molecule has 4 rings (SSSR count). The van der Waals surface area contributed by atoms with Crippen molar-refractivity contribution in [3.05, 3.63) is 35.4 Å². The summed E-state index contributed by atoms with van der Waals surface area (Å²) < 4.78 is 5.35. The van der Waals surface area contributed by atoms with Crippen molar-refractivity contribution >= 4 is 0 Å². The van der Waals surface area contributed by atoms with Gasteiger partial charge in [0, 0.05) is 25.6 Å².